The summed E-state index contributed by atoms with van der Waals surface area (Å²) in [5.41, 5.74) is 7.54. The van der Waals surface area contributed by atoms with E-state index in [1.807, 2.05) is 0 Å². The van der Waals surface area contributed by atoms with Crippen LogP contribution in [0.4, 0.5) is 0 Å². The van der Waals surface area contributed by atoms with E-state index in [-0.39, 0.29) is 12.6 Å². The van der Waals surface area contributed by atoms with E-state index >= 15 is 0 Å². The molecular formula is C14H15ClN4O4. The minimum absolute atomic E-state index is 0.0824. The number of ether oxygens (including phenoxy) is 1. The second-order valence-electron chi connectivity index (χ2n) is 4.88. The van der Waals surface area contributed by atoms with Crippen LogP contribution in [-0.4, -0.2) is 36.6 Å². The maximum absolute atomic E-state index is 11.5. The number of carbonyl (C=O) groups is 3. The number of hydrazone groups is 1. The van der Waals surface area contributed by atoms with Gasteiger partial charge in [-0.3, -0.25) is 14.4 Å². The van der Waals surface area contributed by atoms with E-state index in [1.165, 1.54) is 18.3 Å². The molecule has 0 radical (unpaired) electrons. The number of nitrogens with two attached hydrogens (primary N) is 1. The molecule has 2 rings (SSSR count). The molecule has 1 aromatic carbocycles. The second kappa shape index (κ2) is 7.59. The molecule has 9 heteroatoms. The summed E-state index contributed by atoms with van der Waals surface area (Å²) >= 11 is 5.88. The fourth-order valence-electron chi connectivity index (χ4n) is 1.59. The van der Waals surface area contributed by atoms with Crippen LogP contribution in [-0.2, 0) is 14.4 Å². The monoisotopic (exact) mass is 338 g/mol. The SMILES string of the molecule is NC(=O)COc1ccc(Cl)cc1/C=N\NC(=O)C(=O)NC1CC1. The van der Waals surface area contributed by atoms with E-state index in [4.69, 9.17) is 22.1 Å². The first-order chi connectivity index (χ1) is 11.0. The molecule has 0 atom stereocenters. The number of halogens is 1. The molecule has 8 nitrogen and oxygen atoms in total. The summed E-state index contributed by atoms with van der Waals surface area (Å²) in [5, 5.41) is 6.63. The molecule has 1 fully saturated rings. The van der Waals surface area contributed by atoms with Gasteiger partial charge >= 0.3 is 11.8 Å². The summed E-state index contributed by atoms with van der Waals surface area (Å²) in [4.78, 5) is 33.7. The summed E-state index contributed by atoms with van der Waals surface area (Å²) in [6.07, 6.45) is 3.02. The minimum atomic E-state index is -0.866. The first-order valence-electron chi connectivity index (χ1n) is 6.80. The van der Waals surface area contributed by atoms with Crippen LogP contribution < -0.4 is 21.2 Å². The maximum atomic E-state index is 11.5. The van der Waals surface area contributed by atoms with Crippen LogP contribution in [0.25, 0.3) is 0 Å². The molecule has 0 heterocycles. The molecule has 0 aliphatic heterocycles. The summed E-state index contributed by atoms with van der Waals surface area (Å²) in [7, 11) is 0. The molecule has 0 spiro atoms. The van der Waals surface area contributed by atoms with Gasteiger partial charge in [0.05, 0.1) is 6.21 Å². The number of nitrogens with zero attached hydrogens (tertiary/aromatic N) is 1. The van der Waals surface area contributed by atoms with Crippen molar-refractivity contribution in [3.8, 4) is 5.75 Å². The Morgan fingerprint density at radius 3 is 2.74 bits per heavy atom. The zero-order valence-electron chi connectivity index (χ0n) is 12.0. The molecule has 0 bridgehead atoms. The van der Waals surface area contributed by atoms with Gasteiger partial charge in [-0.15, -0.1) is 0 Å². The predicted octanol–water partition coefficient (Wildman–Crippen LogP) is -0.0672. The highest BCUT2D eigenvalue weighted by molar-refractivity contribution is 6.35. The van der Waals surface area contributed by atoms with Crippen LogP contribution in [0.15, 0.2) is 23.3 Å². The van der Waals surface area contributed by atoms with Crippen molar-refractivity contribution in [2.45, 2.75) is 18.9 Å². The van der Waals surface area contributed by atoms with E-state index in [2.05, 4.69) is 15.8 Å². The third-order valence-electron chi connectivity index (χ3n) is 2.83. The quantitative estimate of drug-likeness (QED) is 0.381. The van der Waals surface area contributed by atoms with E-state index < -0.39 is 17.7 Å². The predicted molar refractivity (Wildman–Crippen MR) is 83.0 cm³/mol. The van der Waals surface area contributed by atoms with Gasteiger partial charge in [-0.05, 0) is 31.0 Å². The molecule has 1 saturated carbocycles. The Bertz CT molecular complexity index is 658. The Hall–Kier alpha value is -2.61. The van der Waals surface area contributed by atoms with Crippen molar-refractivity contribution in [1.82, 2.24) is 10.7 Å². The zero-order valence-corrected chi connectivity index (χ0v) is 12.8. The van der Waals surface area contributed by atoms with Crippen molar-refractivity contribution >= 4 is 35.5 Å². The molecular weight excluding hydrogens is 324 g/mol. The summed E-state index contributed by atoms with van der Waals surface area (Å²) in [6, 6.07) is 4.71. The van der Waals surface area contributed by atoms with Crippen LogP contribution in [0.2, 0.25) is 5.02 Å². The number of primary amides is 1. The third kappa shape index (κ3) is 5.59. The molecule has 1 aliphatic rings. The highest BCUT2D eigenvalue weighted by atomic mass is 35.5. The first kappa shape index (κ1) is 16.8. The van der Waals surface area contributed by atoms with Crippen molar-refractivity contribution in [3.63, 3.8) is 0 Å². The lowest BCUT2D eigenvalue weighted by Gasteiger charge is -2.07. The molecule has 1 aromatic rings. The van der Waals surface area contributed by atoms with E-state index in [0.717, 1.165) is 12.8 Å². The molecule has 1 aliphatic carbocycles. The molecule has 4 N–H and O–H groups in total. The van der Waals surface area contributed by atoms with Gasteiger partial charge in [-0.2, -0.15) is 5.10 Å². The third-order valence-corrected chi connectivity index (χ3v) is 3.07. The van der Waals surface area contributed by atoms with Crippen molar-refractivity contribution in [3.05, 3.63) is 28.8 Å². The fraction of sp³-hybridized carbons (Fsp3) is 0.286. The van der Waals surface area contributed by atoms with Crippen LogP contribution >= 0.6 is 11.6 Å². The average molecular weight is 339 g/mol. The lowest BCUT2D eigenvalue weighted by Crippen LogP contribution is -2.38. The number of benzene rings is 1. The molecule has 23 heavy (non-hydrogen) atoms. The second-order valence-corrected chi connectivity index (χ2v) is 5.32. The summed E-state index contributed by atoms with van der Waals surface area (Å²) < 4.78 is 5.20. The zero-order chi connectivity index (χ0) is 16.8. The summed E-state index contributed by atoms with van der Waals surface area (Å²) in [5.74, 6) is -1.92. The standard InChI is InChI=1S/C14H15ClN4O4/c15-9-1-4-11(23-7-12(16)20)8(5-9)6-17-19-14(22)13(21)18-10-2-3-10/h1,4-6,10H,2-3,7H2,(H2,16,20)(H,18,21)(H,19,22)/b17-6-. The number of hydrogen-bond donors (Lipinski definition) is 3. The van der Waals surface area contributed by atoms with Gasteiger partial charge in [0.1, 0.15) is 5.75 Å². The minimum Gasteiger partial charge on any atom is -0.483 e. The van der Waals surface area contributed by atoms with Gasteiger partial charge in [-0.1, -0.05) is 11.6 Å². The average Bonchev–Trinajstić information content (AvgIpc) is 3.30. The van der Waals surface area contributed by atoms with Crippen molar-refractivity contribution in [2.75, 3.05) is 6.61 Å². The fourth-order valence-corrected chi connectivity index (χ4v) is 1.77. The Kier molecular flexibility index (Phi) is 5.53. The number of nitrogens with one attached hydrogen (secondary N) is 2. The van der Waals surface area contributed by atoms with Gasteiger partial charge in [0.2, 0.25) is 0 Å². The van der Waals surface area contributed by atoms with Gasteiger partial charge < -0.3 is 15.8 Å². The largest absolute Gasteiger partial charge is 0.483 e. The highest BCUT2D eigenvalue weighted by Gasteiger charge is 2.26. The number of carbonyl (C=O) groups excluding carboxylic acids is 3. The van der Waals surface area contributed by atoms with E-state index in [0.29, 0.717) is 16.3 Å². The topological polar surface area (TPSA) is 123 Å². The molecule has 3 amide bonds. The molecule has 0 saturated heterocycles. The van der Waals surface area contributed by atoms with Crippen LogP contribution in [0.5, 0.6) is 5.75 Å². The molecule has 0 unspecified atom stereocenters. The Morgan fingerprint density at radius 2 is 2.09 bits per heavy atom. The lowest BCUT2D eigenvalue weighted by atomic mass is 10.2. The normalized spacial score (nSPS) is 13.6. The van der Waals surface area contributed by atoms with Gasteiger partial charge in [0.25, 0.3) is 5.91 Å². The van der Waals surface area contributed by atoms with Gasteiger partial charge in [0.15, 0.2) is 6.61 Å². The number of hydrogen-bond acceptors (Lipinski definition) is 5. The van der Waals surface area contributed by atoms with Crippen molar-refractivity contribution in [2.24, 2.45) is 10.8 Å². The van der Waals surface area contributed by atoms with Crippen LogP contribution in [0, 0.1) is 0 Å². The Balaban J connectivity index is 1.96. The molecule has 122 valence electrons. The Labute approximate surface area is 137 Å². The van der Waals surface area contributed by atoms with E-state index in [1.54, 1.807) is 6.07 Å². The highest BCUT2D eigenvalue weighted by Crippen LogP contribution is 2.21. The van der Waals surface area contributed by atoms with Crippen LogP contribution in [0.1, 0.15) is 18.4 Å². The van der Waals surface area contributed by atoms with E-state index in [9.17, 15) is 14.4 Å². The number of rotatable bonds is 6. The first-order valence-corrected chi connectivity index (χ1v) is 7.18. The van der Waals surface area contributed by atoms with Gasteiger partial charge in [0, 0.05) is 16.6 Å². The molecule has 0 aromatic heterocycles. The van der Waals surface area contributed by atoms with Crippen molar-refractivity contribution in [1.29, 1.82) is 0 Å². The summed E-state index contributed by atoms with van der Waals surface area (Å²) in [6.45, 7) is -0.307. The van der Waals surface area contributed by atoms with Crippen molar-refractivity contribution < 1.29 is 19.1 Å². The smallest absolute Gasteiger partial charge is 0.329 e. The lowest BCUT2D eigenvalue weighted by molar-refractivity contribution is -0.139. The van der Waals surface area contributed by atoms with Gasteiger partial charge in [-0.25, -0.2) is 5.43 Å². The van der Waals surface area contributed by atoms with Crippen LogP contribution in [0.3, 0.4) is 0 Å². The maximum Gasteiger partial charge on any atom is 0.329 e. The Morgan fingerprint density at radius 1 is 1.35 bits per heavy atom. The number of amides is 3.